The van der Waals surface area contributed by atoms with Crippen LogP contribution in [0.2, 0.25) is 0 Å². The van der Waals surface area contributed by atoms with Crippen LogP contribution >= 0.6 is 28.1 Å². The van der Waals surface area contributed by atoms with Crippen molar-refractivity contribution < 1.29 is 0 Å². The molecule has 2 rings (SSSR count). The van der Waals surface area contributed by atoms with Crippen molar-refractivity contribution in [2.45, 2.75) is 20.3 Å². The van der Waals surface area contributed by atoms with Crippen LogP contribution in [-0.2, 0) is 6.42 Å². The van der Waals surface area contributed by atoms with Gasteiger partial charge < -0.3 is 4.98 Å². The van der Waals surface area contributed by atoms with E-state index in [-0.39, 0.29) is 0 Å². The molecule has 0 radical (unpaired) electrons. The number of H-pyrrole nitrogens is 1. The van der Waals surface area contributed by atoms with Gasteiger partial charge in [0.05, 0.1) is 0 Å². The van der Waals surface area contributed by atoms with Gasteiger partial charge in [-0.05, 0) is 49.3 Å². The molecule has 84 valence electrons. The fourth-order valence-electron chi connectivity index (χ4n) is 1.72. The minimum Gasteiger partial charge on any atom is -0.337 e. The maximum atomic E-state index is 5.29. The zero-order valence-corrected chi connectivity index (χ0v) is 11.7. The summed E-state index contributed by atoms with van der Waals surface area (Å²) in [6.45, 7) is 4.20. The first kappa shape index (κ1) is 11.6. The monoisotopic (exact) mass is 296 g/mol. The van der Waals surface area contributed by atoms with Crippen LogP contribution in [0.5, 0.6) is 0 Å². The van der Waals surface area contributed by atoms with E-state index >= 15 is 0 Å². The lowest BCUT2D eigenvalue weighted by atomic mass is 10.2. The molecule has 2 nitrogen and oxygen atoms in total. The van der Waals surface area contributed by atoms with Gasteiger partial charge in [0.25, 0.3) is 0 Å². The van der Waals surface area contributed by atoms with E-state index in [2.05, 4.69) is 57.5 Å². The van der Waals surface area contributed by atoms with Gasteiger partial charge in [-0.1, -0.05) is 22.9 Å². The Morgan fingerprint density at radius 2 is 2.19 bits per heavy atom. The van der Waals surface area contributed by atoms with Crippen LogP contribution < -0.4 is 0 Å². The topological polar surface area (TPSA) is 20.7 Å². The maximum Gasteiger partial charge on any atom is 0.182 e. The largest absolute Gasteiger partial charge is 0.337 e. The van der Waals surface area contributed by atoms with Crippen LogP contribution in [0.25, 0.3) is 5.69 Å². The summed E-state index contributed by atoms with van der Waals surface area (Å²) in [7, 11) is 0. The smallest absolute Gasteiger partial charge is 0.182 e. The second-order valence-corrected chi connectivity index (χ2v) is 4.95. The number of benzene rings is 1. The number of aromatic amines is 1. The average Bonchev–Trinajstić information content (AvgIpc) is 2.64. The summed E-state index contributed by atoms with van der Waals surface area (Å²) >= 11 is 8.80. The Hall–Kier alpha value is -0.870. The van der Waals surface area contributed by atoms with Gasteiger partial charge in [0, 0.05) is 22.1 Å². The molecule has 0 aliphatic rings. The number of hydrogen-bond donors (Lipinski definition) is 1. The lowest BCUT2D eigenvalue weighted by molar-refractivity contribution is 0.920. The van der Waals surface area contributed by atoms with Crippen LogP contribution in [0.1, 0.15) is 18.2 Å². The molecule has 0 atom stereocenters. The molecule has 2 aromatic rings. The normalized spacial score (nSPS) is 10.7. The molecule has 16 heavy (non-hydrogen) atoms. The Kier molecular flexibility index (Phi) is 3.30. The summed E-state index contributed by atoms with van der Waals surface area (Å²) in [6, 6.07) is 6.26. The summed E-state index contributed by atoms with van der Waals surface area (Å²) in [5.74, 6) is 0. The van der Waals surface area contributed by atoms with Crippen molar-refractivity contribution in [3.63, 3.8) is 0 Å². The van der Waals surface area contributed by atoms with E-state index in [1.54, 1.807) is 0 Å². The van der Waals surface area contributed by atoms with Gasteiger partial charge in [0.15, 0.2) is 4.77 Å². The Morgan fingerprint density at radius 3 is 2.81 bits per heavy atom. The second-order valence-electron chi connectivity index (χ2n) is 3.71. The van der Waals surface area contributed by atoms with Gasteiger partial charge >= 0.3 is 0 Å². The standard InChI is InChI=1S/C12H13BrN2S/c1-3-9-7-14-12(16)15(9)10-4-5-11(13)8(2)6-10/h4-7H,3H2,1-2H3,(H,14,16). The number of imidazole rings is 1. The third kappa shape index (κ3) is 1.99. The molecular weight excluding hydrogens is 284 g/mol. The molecule has 0 fully saturated rings. The SMILES string of the molecule is CCc1c[nH]c(=S)n1-c1ccc(Br)c(C)c1. The highest BCUT2D eigenvalue weighted by Gasteiger charge is 2.05. The van der Waals surface area contributed by atoms with Crippen molar-refractivity contribution in [3.8, 4) is 5.69 Å². The van der Waals surface area contributed by atoms with Crippen molar-refractivity contribution in [2.24, 2.45) is 0 Å². The maximum absolute atomic E-state index is 5.29. The molecule has 1 N–H and O–H groups in total. The number of aryl methyl sites for hydroxylation is 2. The van der Waals surface area contributed by atoms with E-state index in [0.717, 1.165) is 21.4 Å². The highest BCUT2D eigenvalue weighted by molar-refractivity contribution is 9.10. The summed E-state index contributed by atoms with van der Waals surface area (Å²) < 4.78 is 3.95. The fourth-order valence-corrected chi connectivity index (χ4v) is 2.24. The Balaban J connectivity index is 2.62. The molecule has 1 heterocycles. The first-order valence-electron chi connectivity index (χ1n) is 5.19. The molecule has 0 saturated heterocycles. The number of nitrogens with zero attached hydrogens (tertiary/aromatic N) is 1. The van der Waals surface area contributed by atoms with Crippen LogP contribution in [0, 0.1) is 11.7 Å². The van der Waals surface area contributed by atoms with Gasteiger partial charge in [0.2, 0.25) is 0 Å². The molecule has 0 aliphatic carbocycles. The molecule has 1 aromatic heterocycles. The van der Waals surface area contributed by atoms with Gasteiger partial charge in [-0.3, -0.25) is 4.57 Å². The van der Waals surface area contributed by atoms with E-state index < -0.39 is 0 Å². The molecule has 1 aromatic carbocycles. The van der Waals surface area contributed by atoms with Crippen LogP contribution in [-0.4, -0.2) is 9.55 Å². The molecule has 4 heteroatoms. The van der Waals surface area contributed by atoms with Crippen LogP contribution in [0.4, 0.5) is 0 Å². The molecule has 0 saturated carbocycles. The van der Waals surface area contributed by atoms with Crippen molar-refractivity contribution in [1.82, 2.24) is 9.55 Å². The van der Waals surface area contributed by atoms with Crippen molar-refractivity contribution in [2.75, 3.05) is 0 Å². The molecule has 0 bridgehead atoms. The van der Waals surface area contributed by atoms with Gasteiger partial charge in [-0.2, -0.15) is 0 Å². The van der Waals surface area contributed by atoms with Crippen LogP contribution in [0.15, 0.2) is 28.9 Å². The number of rotatable bonds is 2. The van der Waals surface area contributed by atoms with E-state index in [9.17, 15) is 0 Å². The van der Waals surface area contributed by atoms with Crippen molar-refractivity contribution in [3.05, 3.63) is 44.9 Å². The van der Waals surface area contributed by atoms with Gasteiger partial charge in [-0.15, -0.1) is 0 Å². The van der Waals surface area contributed by atoms with E-state index in [1.165, 1.54) is 11.3 Å². The molecule has 0 unspecified atom stereocenters. The predicted molar refractivity (Wildman–Crippen MR) is 72.8 cm³/mol. The summed E-state index contributed by atoms with van der Waals surface area (Å²) in [5, 5.41) is 0. The van der Waals surface area contributed by atoms with E-state index in [0.29, 0.717) is 0 Å². The highest BCUT2D eigenvalue weighted by Crippen LogP contribution is 2.21. The summed E-state index contributed by atoms with van der Waals surface area (Å²) in [6.07, 6.45) is 2.93. The van der Waals surface area contributed by atoms with Gasteiger partial charge in [-0.25, -0.2) is 0 Å². The van der Waals surface area contributed by atoms with Crippen molar-refractivity contribution >= 4 is 28.1 Å². The zero-order valence-electron chi connectivity index (χ0n) is 9.25. The minimum atomic E-state index is 0.749. The summed E-state index contributed by atoms with van der Waals surface area (Å²) in [5.41, 5.74) is 3.53. The zero-order chi connectivity index (χ0) is 11.7. The third-order valence-corrected chi connectivity index (χ3v) is 3.80. The number of halogens is 1. The highest BCUT2D eigenvalue weighted by atomic mass is 79.9. The molecule has 0 spiro atoms. The Labute approximate surface area is 108 Å². The number of hydrogen-bond acceptors (Lipinski definition) is 1. The number of nitrogens with one attached hydrogen (secondary N) is 1. The summed E-state index contributed by atoms with van der Waals surface area (Å²) in [4.78, 5) is 3.09. The molecule has 0 aliphatic heterocycles. The predicted octanol–water partition coefficient (Wildman–Crippen LogP) is 4.17. The van der Waals surface area contributed by atoms with E-state index in [1.807, 2.05) is 6.20 Å². The van der Waals surface area contributed by atoms with Gasteiger partial charge in [0.1, 0.15) is 0 Å². The average molecular weight is 297 g/mol. The minimum absolute atomic E-state index is 0.749. The fraction of sp³-hybridized carbons (Fsp3) is 0.250. The first-order valence-corrected chi connectivity index (χ1v) is 6.39. The third-order valence-electron chi connectivity index (χ3n) is 2.61. The van der Waals surface area contributed by atoms with Crippen LogP contribution in [0.3, 0.4) is 0 Å². The van der Waals surface area contributed by atoms with Crippen molar-refractivity contribution in [1.29, 1.82) is 0 Å². The Morgan fingerprint density at radius 1 is 1.44 bits per heavy atom. The lowest BCUT2D eigenvalue weighted by Crippen LogP contribution is -1.99. The lowest BCUT2D eigenvalue weighted by Gasteiger charge is -2.08. The Bertz CT molecular complexity index is 569. The van der Waals surface area contributed by atoms with E-state index in [4.69, 9.17) is 12.2 Å². The number of aromatic nitrogens is 2. The molecular formula is C12H13BrN2S. The quantitative estimate of drug-likeness (QED) is 0.825. The first-order chi connectivity index (χ1) is 7.63. The second kappa shape index (κ2) is 4.55. The molecule has 0 amide bonds.